The third-order valence-corrected chi connectivity index (χ3v) is 9.06. The number of sulfonamides is 1. The summed E-state index contributed by atoms with van der Waals surface area (Å²) in [5, 5.41) is 5.27. The minimum atomic E-state index is -3.54. The number of hydrogen-bond acceptors (Lipinski definition) is 6. The fraction of sp³-hybridized carbons (Fsp3) is 0.600. The first-order valence-electron chi connectivity index (χ1n) is 10.5. The highest BCUT2D eigenvalue weighted by atomic mass is 32.2. The van der Waals surface area contributed by atoms with E-state index < -0.39 is 19.9 Å². The monoisotopic (exact) mass is 471 g/mol. The van der Waals surface area contributed by atoms with Gasteiger partial charge < -0.3 is 10.6 Å². The highest BCUT2D eigenvalue weighted by Crippen LogP contribution is 2.28. The molecule has 2 amide bonds. The van der Waals surface area contributed by atoms with E-state index in [9.17, 15) is 26.4 Å². The molecule has 1 aromatic carbocycles. The summed E-state index contributed by atoms with van der Waals surface area (Å²) >= 11 is 0. The van der Waals surface area contributed by atoms with Gasteiger partial charge in [-0.3, -0.25) is 9.59 Å². The number of sulfone groups is 1. The van der Waals surface area contributed by atoms with Crippen LogP contribution in [-0.4, -0.2) is 59.3 Å². The Bertz CT molecular complexity index is 987. The van der Waals surface area contributed by atoms with Crippen LogP contribution in [0.4, 0.5) is 0 Å². The smallest absolute Gasteiger partial charge is 0.240 e. The summed E-state index contributed by atoms with van der Waals surface area (Å²) in [6.45, 7) is 0.157. The van der Waals surface area contributed by atoms with Gasteiger partial charge in [-0.2, -0.15) is 0 Å². The lowest BCUT2D eigenvalue weighted by atomic mass is 9.81. The van der Waals surface area contributed by atoms with Gasteiger partial charge in [-0.05, 0) is 50.2 Å². The van der Waals surface area contributed by atoms with Crippen LogP contribution in [0, 0.1) is 11.8 Å². The average molecular weight is 472 g/mol. The largest absolute Gasteiger partial charge is 0.351 e. The topological polar surface area (TPSA) is 139 Å². The zero-order valence-corrected chi connectivity index (χ0v) is 18.9. The van der Waals surface area contributed by atoms with Gasteiger partial charge in [0.1, 0.15) is 0 Å². The standard InChI is InChI=1S/C20H29N3O6S2/c24-19(23-17-10-11-30(26,27)14-17)13-21-20(25)16-8-6-15(7-9-16)12-22-31(28,29)18-4-2-1-3-5-18/h1-5,15-17,22H,6-14H2,(H,21,25)(H,23,24)/t15?,16?,17-/m1/s1. The Kier molecular flexibility index (Phi) is 7.71. The van der Waals surface area contributed by atoms with Crippen molar-refractivity contribution in [3.05, 3.63) is 30.3 Å². The molecule has 11 heteroatoms. The maximum absolute atomic E-state index is 12.4. The van der Waals surface area contributed by atoms with Crippen LogP contribution in [0.15, 0.2) is 35.2 Å². The first-order valence-corrected chi connectivity index (χ1v) is 13.8. The molecule has 172 valence electrons. The summed E-state index contributed by atoms with van der Waals surface area (Å²) in [7, 11) is -6.61. The summed E-state index contributed by atoms with van der Waals surface area (Å²) in [5.74, 6) is -0.603. The van der Waals surface area contributed by atoms with Gasteiger partial charge in [0.25, 0.3) is 0 Å². The second kappa shape index (κ2) is 10.1. The molecule has 0 aromatic heterocycles. The van der Waals surface area contributed by atoms with Gasteiger partial charge in [-0.15, -0.1) is 0 Å². The zero-order valence-electron chi connectivity index (χ0n) is 17.2. The molecule has 3 rings (SSSR count). The van der Waals surface area contributed by atoms with Crippen molar-refractivity contribution < 1.29 is 26.4 Å². The van der Waals surface area contributed by atoms with Crippen LogP contribution >= 0.6 is 0 Å². The van der Waals surface area contributed by atoms with E-state index in [0.717, 1.165) is 12.8 Å². The fourth-order valence-electron chi connectivity index (χ4n) is 4.04. The molecule has 9 nitrogen and oxygen atoms in total. The molecule has 1 aliphatic carbocycles. The van der Waals surface area contributed by atoms with Crippen molar-refractivity contribution in [2.24, 2.45) is 11.8 Å². The maximum atomic E-state index is 12.4. The molecular formula is C20H29N3O6S2. The number of carbonyl (C=O) groups excluding carboxylic acids is 2. The molecule has 0 bridgehead atoms. The Morgan fingerprint density at radius 3 is 2.29 bits per heavy atom. The van der Waals surface area contributed by atoms with Crippen LogP contribution in [0.2, 0.25) is 0 Å². The minimum Gasteiger partial charge on any atom is -0.351 e. The van der Waals surface area contributed by atoms with Crippen molar-refractivity contribution in [2.45, 2.75) is 43.0 Å². The van der Waals surface area contributed by atoms with E-state index in [2.05, 4.69) is 15.4 Å². The molecule has 1 aliphatic heterocycles. The summed E-state index contributed by atoms with van der Waals surface area (Å²) in [5.41, 5.74) is 0. The molecule has 1 heterocycles. The Morgan fingerprint density at radius 1 is 1.00 bits per heavy atom. The number of rotatable bonds is 8. The number of nitrogens with one attached hydrogen (secondary N) is 3. The molecule has 0 spiro atoms. The third-order valence-electron chi connectivity index (χ3n) is 5.85. The molecule has 0 unspecified atom stereocenters. The average Bonchev–Trinajstić information content (AvgIpc) is 3.09. The number of carbonyl (C=O) groups is 2. The molecule has 1 saturated heterocycles. The van der Waals surface area contributed by atoms with Crippen molar-refractivity contribution in [1.29, 1.82) is 0 Å². The van der Waals surface area contributed by atoms with E-state index >= 15 is 0 Å². The summed E-state index contributed by atoms with van der Waals surface area (Å²) < 4.78 is 50.1. The van der Waals surface area contributed by atoms with Crippen molar-refractivity contribution in [1.82, 2.24) is 15.4 Å². The van der Waals surface area contributed by atoms with Crippen molar-refractivity contribution >= 4 is 31.7 Å². The van der Waals surface area contributed by atoms with Crippen LogP contribution in [0.25, 0.3) is 0 Å². The van der Waals surface area contributed by atoms with Gasteiger partial charge in [0, 0.05) is 18.5 Å². The summed E-state index contributed by atoms with van der Waals surface area (Å²) in [6.07, 6.45) is 3.11. The van der Waals surface area contributed by atoms with E-state index in [1.807, 2.05) is 0 Å². The lowest BCUT2D eigenvalue weighted by Gasteiger charge is -2.27. The van der Waals surface area contributed by atoms with E-state index in [0.29, 0.717) is 25.8 Å². The van der Waals surface area contributed by atoms with Gasteiger partial charge in [0.15, 0.2) is 9.84 Å². The van der Waals surface area contributed by atoms with Gasteiger partial charge >= 0.3 is 0 Å². The molecule has 1 aromatic rings. The zero-order chi connectivity index (χ0) is 22.5. The highest BCUT2D eigenvalue weighted by Gasteiger charge is 2.30. The normalized spacial score (nSPS) is 25.6. The molecule has 2 aliphatic rings. The van der Waals surface area contributed by atoms with Crippen LogP contribution < -0.4 is 15.4 Å². The first-order chi connectivity index (χ1) is 14.6. The quantitative estimate of drug-likeness (QED) is 0.495. The predicted molar refractivity (Wildman–Crippen MR) is 115 cm³/mol. The Labute approximate surface area is 183 Å². The van der Waals surface area contributed by atoms with Crippen molar-refractivity contribution in [3.63, 3.8) is 0 Å². The van der Waals surface area contributed by atoms with Crippen molar-refractivity contribution in [3.8, 4) is 0 Å². The highest BCUT2D eigenvalue weighted by molar-refractivity contribution is 7.91. The molecule has 2 fully saturated rings. The van der Waals surface area contributed by atoms with Crippen LogP contribution in [0.1, 0.15) is 32.1 Å². The van der Waals surface area contributed by atoms with Gasteiger partial charge in [-0.1, -0.05) is 18.2 Å². The molecule has 1 saturated carbocycles. The minimum absolute atomic E-state index is 0.0509. The Hall–Kier alpha value is -1.98. The number of hydrogen-bond donors (Lipinski definition) is 3. The van der Waals surface area contributed by atoms with Crippen LogP contribution in [0.5, 0.6) is 0 Å². The lowest BCUT2D eigenvalue weighted by molar-refractivity contribution is -0.129. The second-order valence-corrected chi connectivity index (χ2v) is 12.3. The number of benzene rings is 1. The Morgan fingerprint density at radius 2 is 1.68 bits per heavy atom. The predicted octanol–water partition coefficient (Wildman–Crippen LogP) is 0.191. The first kappa shape index (κ1) is 23.7. The van der Waals surface area contributed by atoms with Crippen molar-refractivity contribution in [2.75, 3.05) is 24.6 Å². The third kappa shape index (κ3) is 7.01. The summed E-state index contributed by atoms with van der Waals surface area (Å²) in [6, 6.07) is 7.82. The van der Waals surface area contributed by atoms with E-state index in [1.54, 1.807) is 30.3 Å². The Balaban J connectivity index is 1.35. The van der Waals surface area contributed by atoms with Crippen LogP contribution in [-0.2, 0) is 29.4 Å². The van der Waals surface area contributed by atoms with E-state index in [1.165, 1.54) is 0 Å². The molecule has 1 atom stereocenters. The molecule has 0 radical (unpaired) electrons. The van der Waals surface area contributed by atoms with E-state index in [-0.39, 0.29) is 52.6 Å². The van der Waals surface area contributed by atoms with Gasteiger partial charge in [-0.25, -0.2) is 21.6 Å². The number of amides is 2. The fourth-order valence-corrected chi connectivity index (χ4v) is 6.85. The molecule has 31 heavy (non-hydrogen) atoms. The van der Waals surface area contributed by atoms with E-state index in [4.69, 9.17) is 0 Å². The SMILES string of the molecule is O=C(CNC(=O)C1CCC(CNS(=O)(=O)c2ccccc2)CC1)N[C@@H]1CCS(=O)(=O)C1. The second-order valence-electron chi connectivity index (χ2n) is 8.27. The summed E-state index contributed by atoms with van der Waals surface area (Å²) in [4.78, 5) is 24.5. The molecular weight excluding hydrogens is 442 g/mol. The van der Waals surface area contributed by atoms with Gasteiger partial charge in [0.05, 0.1) is 22.9 Å². The van der Waals surface area contributed by atoms with Gasteiger partial charge in [0.2, 0.25) is 21.8 Å². The molecule has 3 N–H and O–H groups in total. The lowest BCUT2D eigenvalue weighted by Crippen LogP contribution is -2.44. The van der Waals surface area contributed by atoms with Crippen LogP contribution in [0.3, 0.4) is 0 Å². The maximum Gasteiger partial charge on any atom is 0.240 e.